The van der Waals surface area contributed by atoms with Crippen LogP contribution in [-0.4, -0.2) is 38.0 Å². The Hall–Kier alpha value is 0.310. The molecule has 0 spiro atoms. The fourth-order valence-electron chi connectivity index (χ4n) is 1.56. The van der Waals surface area contributed by atoms with Crippen LogP contribution in [-0.2, 0) is 14.2 Å². The Morgan fingerprint density at radius 2 is 1.84 bits per heavy atom. The maximum atomic E-state index is 5.84. The van der Waals surface area contributed by atoms with Gasteiger partial charge in [-0.3, -0.25) is 0 Å². The van der Waals surface area contributed by atoms with E-state index in [4.69, 9.17) is 14.2 Å². The average molecular weight is 443 g/mol. The van der Waals surface area contributed by atoms with E-state index in [0.29, 0.717) is 13.2 Å². The number of rotatable bonds is 10. The summed E-state index contributed by atoms with van der Waals surface area (Å²) in [5.41, 5.74) is 1.21. The lowest BCUT2D eigenvalue weighted by Crippen LogP contribution is -2.11. The first kappa shape index (κ1) is 17.4. The summed E-state index contributed by atoms with van der Waals surface area (Å²) in [6.45, 7) is 2.73. The van der Waals surface area contributed by atoms with E-state index in [0.717, 1.165) is 28.5 Å². The van der Waals surface area contributed by atoms with Crippen LogP contribution in [0.2, 0.25) is 0 Å². The highest BCUT2D eigenvalue weighted by Gasteiger charge is 2.09. The number of hydrogen-bond donors (Lipinski definition) is 0. The molecule has 1 aromatic rings. The van der Waals surface area contributed by atoms with E-state index >= 15 is 0 Å². The topological polar surface area (TPSA) is 27.7 Å². The summed E-state index contributed by atoms with van der Waals surface area (Å²) in [6, 6.07) is 8.26. The van der Waals surface area contributed by atoms with Crippen LogP contribution in [0.3, 0.4) is 0 Å². The molecule has 1 unspecified atom stereocenters. The average Bonchev–Trinajstić information content (AvgIpc) is 2.43. The Labute approximate surface area is 137 Å². The van der Waals surface area contributed by atoms with E-state index in [-0.39, 0.29) is 6.10 Å². The molecule has 0 fully saturated rings. The molecule has 0 saturated carbocycles. The molecule has 0 heterocycles. The van der Waals surface area contributed by atoms with Gasteiger partial charge in [0.25, 0.3) is 0 Å². The summed E-state index contributed by atoms with van der Waals surface area (Å²) in [7, 11) is 1.70. The van der Waals surface area contributed by atoms with Gasteiger partial charge in [-0.05, 0) is 24.1 Å². The van der Waals surface area contributed by atoms with Crippen molar-refractivity contribution in [2.75, 3.05) is 38.0 Å². The van der Waals surface area contributed by atoms with Crippen molar-refractivity contribution in [3.05, 3.63) is 34.3 Å². The van der Waals surface area contributed by atoms with Gasteiger partial charge in [-0.1, -0.05) is 50.7 Å². The zero-order chi connectivity index (χ0) is 13.9. The molecule has 0 aliphatic carbocycles. The highest BCUT2D eigenvalue weighted by molar-refractivity contribution is 14.1. The molecule has 0 aliphatic heterocycles. The van der Waals surface area contributed by atoms with Crippen LogP contribution in [0.4, 0.5) is 0 Å². The molecule has 0 aliphatic rings. The summed E-state index contributed by atoms with van der Waals surface area (Å²) >= 11 is 5.78. The third-order valence-corrected chi connectivity index (χ3v) is 3.89. The van der Waals surface area contributed by atoms with Gasteiger partial charge in [0.2, 0.25) is 0 Å². The van der Waals surface area contributed by atoms with E-state index in [9.17, 15) is 0 Å². The number of alkyl halides is 1. The van der Waals surface area contributed by atoms with Gasteiger partial charge in [0.05, 0.1) is 19.3 Å². The van der Waals surface area contributed by atoms with Crippen LogP contribution in [0, 0.1) is 0 Å². The highest BCUT2D eigenvalue weighted by atomic mass is 127. The van der Waals surface area contributed by atoms with Crippen molar-refractivity contribution >= 4 is 38.5 Å². The smallest absolute Gasteiger partial charge is 0.0915 e. The molecule has 0 amide bonds. The van der Waals surface area contributed by atoms with Gasteiger partial charge in [-0.2, -0.15) is 0 Å². The van der Waals surface area contributed by atoms with Crippen molar-refractivity contribution in [3.8, 4) is 0 Å². The Morgan fingerprint density at radius 3 is 2.47 bits per heavy atom. The second kappa shape index (κ2) is 11.0. The van der Waals surface area contributed by atoms with Crippen molar-refractivity contribution < 1.29 is 14.2 Å². The number of hydrogen-bond acceptors (Lipinski definition) is 3. The SMILES string of the molecule is COCCCOCCOC(CI)c1ccc(Br)cc1. The predicted molar refractivity (Wildman–Crippen MR) is 89.0 cm³/mol. The molecule has 108 valence electrons. The van der Waals surface area contributed by atoms with Crippen LogP contribution in [0.15, 0.2) is 28.7 Å². The Kier molecular flexibility index (Phi) is 10.1. The predicted octanol–water partition coefficient (Wildman–Crippen LogP) is 3.99. The summed E-state index contributed by atoms with van der Waals surface area (Å²) in [5.74, 6) is 0. The molecule has 0 aromatic heterocycles. The largest absolute Gasteiger partial charge is 0.385 e. The molecule has 19 heavy (non-hydrogen) atoms. The van der Waals surface area contributed by atoms with Crippen LogP contribution in [0.1, 0.15) is 18.1 Å². The zero-order valence-corrected chi connectivity index (χ0v) is 14.9. The summed E-state index contributed by atoms with van der Waals surface area (Å²) in [4.78, 5) is 0. The van der Waals surface area contributed by atoms with Crippen molar-refractivity contribution in [3.63, 3.8) is 0 Å². The van der Waals surface area contributed by atoms with Gasteiger partial charge >= 0.3 is 0 Å². The van der Waals surface area contributed by atoms with Gasteiger partial charge in [-0.25, -0.2) is 0 Å². The quantitative estimate of drug-likeness (QED) is 0.311. The fourth-order valence-corrected chi connectivity index (χ4v) is 2.59. The Morgan fingerprint density at radius 1 is 1.11 bits per heavy atom. The third-order valence-electron chi connectivity index (χ3n) is 2.57. The van der Waals surface area contributed by atoms with Crippen molar-refractivity contribution in [2.45, 2.75) is 12.5 Å². The molecular formula is C14H20BrIO3. The minimum absolute atomic E-state index is 0.135. The molecule has 1 atom stereocenters. The first-order chi connectivity index (χ1) is 9.27. The number of halogens is 2. The van der Waals surface area contributed by atoms with Crippen LogP contribution >= 0.6 is 38.5 Å². The van der Waals surface area contributed by atoms with Gasteiger partial charge in [0.1, 0.15) is 0 Å². The maximum Gasteiger partial charge on any atom is 0.0915 e. The number of benzene rings is 1. The lowest BCUT2D eigenvalue weighted by atomic mass is 10.1. The third kappa shape index (κ3) is 7.60. The van der Waals surface area contributed by atoms with Crippen molar-refractivity contribution in [1.29, 1.82) is 0 Å². The van der Waals surface area contributed by atoms with Gasteiger partial charge in [0.15, 0.2) is 0 Å². The summed E-state index contributed by atoms with van der Waals surface area (Å²) in [6.07, 6.45) is 1.06. The molecule has 5 heteroatoms. The lowest BCUT2D eigenvalue weighted by Gasteiger charge is -2.16. The Bertz CT molecular complexity index is 332. The normalized spacial score (nSPS) is 12.6. The van der Waals surface area contributed by atoms with Gasteiger partial charge in [0, 0.05) is 29.2 Å². The minimum atomic E-state index is 0.135. The highest BCUT2D eigenvalue weighted by Crippen LogP contribution is 2.21. The van der Waals surface area contributed by atoms with Crippen LogP contribution < -0.4 is 0 Å². The van der Waals surface area contributed by atoms with Crippen molar-refractivity contribution in [2.24, 2.45) is 0 Å². The van der Waals surface area contributed by atoms with Gasteiger partial charge < -0.3 is 14.2 Å². The minimum Gasteiger partial charge on any atom is -0.385 e. The van der Waals surface area contributed by atoms with E-state index < -0.39 is 0 Å². The van der Waals surface area contributed by atoms with Crippen LogP contribution in [0.5, 0.6) is 0 Å². The molecule has 0 radical (unpaired) electrons. The number of ether oxygens (including phenoxy) is 3. The van der Waals surface area contributed by atoms with E-state index in [1.807, 2.05) is 12.1 Å². The summed E-state index contributed by atoms with van der Waals surface area (Å²) < 4.78 is 18.3. The molecule has 0 saturated heterocycles. The molecular weight excluding hydrogens is 423 g/mol. The van der Waals surface area contributed by atoms with E-state index in [1.54, 1.807) is 7.11 Å². The standard InChI is InChI=1S/C14H20BrIO3/c1-17-7-2-8-18-9-10-19-14(11-16)12-3-5-13(15)6-4-12/h3-6,14H,2,7-11H2,1H3. The molecule has 1 rings (SSSR count). The van der Waals surface area contributed by atoms with E-state index in [1.165, 1.54) is 5.56 Å². The molecule has 0 N–H and O–H groups in total. The fraction of sp³-hybridized carbons (Fsp3) is 0.571. The second-order valence-electron chi connectivity index (χ2n) is 4.02. The van der Waals surface area contributed by atoms with Gasteiger partial charge in [-0.15, -0.1) is 0 Å². The van der Waals surface area contributed by atoms with Crippen LogP contribution in [0.25, 0.3) is 0 Å². The summed E-state index contributed by atoms with van der Waals surface area (Å²) in [5, 5.41) is 0. The molecule has 1 aromatic carbocycles. The first-order valence-electron chi connectivity index (χ1n) is 6.27. The lowest BCUT2D eigenvalue weighted by molar-refractivity contribution is 0.0104. The zero-order valence-electron chi connectivity index (χ0n) is 11.1. The molecule has 0 bridgehead atoms. The van der Waals surface area contributed by atoms with Crippen molar-refractivity contribution in [1.82, 2.24) is 0 Å². The second-order valence-corrected chi connectivity index (χ2v) is 5.82. The molecule has 3 nitrogen and oxygen atoms in total. The monoisotopic (exact) mass is 442 g/mol. The maximum absolute atomic E-state index is 5.84. The number of methoxy groups -OCH3 is 1. The first-order valence-corrected chi connectivity index (χ1v) is 8.59. The Balaban J connectivity index is 2.20. The van der Waals surface area contributed by atoms with E-state index in [2.05, 4.69) is 50.7 Å².